The van der Waals surface area contributed by atoms with Crippen LogP contribution in [0.4, 0.5) is 5.69 Å². The van der Waals surface area contributed by atoms with E-state index in [9.17, 15) is 0 Å². The number of thiazole rings is 1. The topological polar surface area (TPSA) is 37.8 Å². The second-order valence-corrected chi connectivity index (χ2v) is 5.93. The van der Waals surface area contributed by atoms with E-state index in [4.69, 9.17) is 0 Å². The summed E-state index contributed by atoms with van der Waals surface area (Å²) in [7, 11) is 0. The van der Waals surface area contributed by atoms with Gasteiger partial charge in [-0.25, -0.2) is 4.98 Å². The second-order valence-electron chi connectivity index (χ2n) is 4.10. The lowest BCUT2D eigenvalue weighted by molar-refractivity contribution is 0.999. The molecule has 0 aliphatic heterocycles. The minimum atomic E-state index is 0.874. The van der Waals surface area contributed by atoms with Gasteiger partial charge >= 0.3 is 0 Å². The van der Waals surface area contributed by atoms with Crippen LogP contribution in [0.15, 0.2) is 46.5 Å². The summed E-state index contributed by atoms with van der Waals surface area (Å²) in [5.74, 6) is 0. The fraction of sp³-hybridized carbons (Fsp3) is 0.143. The first-order chi connectivity index (χ1) is 9.34. The number of para-hydroxylation sites is 1. The number of nitrogens with one attached hydrogen (secondary N) is 1. The Labute approximate surface area is 123 Å². The Morgan fingerprint density at radius 2 is 2.11 bits per heavy atom. The van der Waals surface area contributed by atoms with E-state index in [0.717, 1.165) is 39.0 Å². The van der Waals surface area contributed by atoms with Gasteiger partial charge in [-0.3, -0.25) is 4.98 Å². The summed E-state index contributed by atoms with van der Waals surface area (Å²) < 4.78 is 1.02. The summed E-state index contributed by atoms with van der Waals surface area (Å²) >= 11 is 5.23. The van der Waals surface area contributed by atoms with Gasteiger partial charge < -0.3 is 5.32 Å². The third-order valence-electron chi connectivity index (χ3n) is 2.86. The highest BCUT2D eigenvalue weighted by molar-refractivity contribution is 9.10. The quantitative estimate of drug-likeness (QED) is 0.780. The number of pyridine rings is 1. The van der Waals surface area contributed by atoms with E-state index in [1.54, 1.807) is 11.3 Å². The summed E-state index contributed by atoms with van der Waals surface area (Å²) in [4.78, 5) is 8.68. The molecule has 3 nitrogen and oxygen atoms in total. The lowest BCUT2D eigenvalue weighted by Gasteiger charge is -2.09. The van der Waals surface area contributed by atoms with E-state index in [1.165, 1.54) is 0 Å². The van der Waals surface area contributed by atoms with Gasteiger partial charge in [-0.05, 0) is 28.1 Å². The second kappa shape index (κ2) is 5.67. The molecule has 0 aliphatic carbocycles. The molecule has 0 amide bonds. The Bertz CT molecular complexity index is 682. The van der Waals surface area contributed by atoms with Gasteiger partial charge in [0.2, 0.25) is 0 Å². The van der Waals surface area contributed by atoms with Crippen LogP contribution in [0.1, 0.15) is 5.01 Å². The highest BCUT2D eigenvalue weighted by atomic mass is 79.9. The number of nitrogens with zero attached hydrogens (tertiary/aromatic N) is 2. The van der Waals surface area contributed by atoms with Crippen LogP contribution < -0.4 is 5.32 Å². The van der Waals surface area contributed by atoms with Crippen LogP contribution in [0, 0.1) is 0 Å². The molecule has 2 heterocycles. The predicted octanol–water partition coefficient (Wildman–Crippen LogP) is 4.11. The van der Waals surface area contributed by atoms with Crippen LogP contribution in [0.2, 0.25) is 0 Å². The van der Waals surface area contributed by atoms with Crippen molar-refractivity contribution in [1.82, 2.24) is 9.97 Å². The summed E-state index contributed by atoms with van der Waals surface area (Å²) in [5.41, 5.74) is 2.10. The van der Waals surface area contributed by atoms with Crippen molar-refractivity contribution in [2.24, 2.45) is 0 Å². The van der Waals surface area contributed by atoms with Crippen LogP contribution in [0.3, 0.4) is 0 Å². The normalized spacial score (nSPS) is 10.8. The van der Waals surface area contributed by atoms with Crippen molar-refractivity contribution < 1.29 is 0 Å². The number of aromatic nitrogens is 2. The monoisotopic (exact) mass is 333 g/mol. The number of benzene rings is 1. The van der Waals surface area contributed by atoms with Crippen LogP contribution >= 0.6 is 27.3 Å². The molecule has 1 aromatic carbocycles. The van der Waals surface area contributed by atoms with Crippen molar-refractivity contribution >= 4 is 43.9 Å². The zero-order valence-corrected chi connectivity index (χ0v) is 12.5. The Hall–Kier alpha value is -1.46. The fourth-order valence-corrected chi connectivity index (χ4v) is 3.06. The lowest BCUT2D eigenvalue weighted by Crippen LogP contribution is -2.05. The first-order valence-corrected chi connectivity index (χ1v) is 7.67. The van der Waals surface area contributed by atoms with Gasteiger partial charge in [-0.1, -0.05) is 12.1 Å². The van der Waals surface area contributed by atoms with Gasteiger partial charge in [-0.2, -0.15) is 0 Å². The Morgan fingerprint density at radius 1 is 1.16 bits per heavy atom. The molecule has 0 fully saturated rings. The maximum Gasteiger partial charge on any atom is 0.0942 e. The molecule has 3 rings (SSSR count). The highest BCUT2D eigenvalue weighted by Gasteiger charge is 2.04. The number of anilines is 1. The summed E-state index contributed by atoms with van der Waals surface area (Å²) in [6.07, 6.45) is 4.62. The average Bonchev–Trinajstić information content (AvgIpc) is 2.93. The fourth-order valence-electron chi connectivity index (χ4n) is 1.97. The minimum Gasteiger partial charge on any atom is -0.384 e. The molecule has 0 aliphatic rings. The van der Waals surface area contributed by atoms with Gasteiger partial charge in [0.1, 0.15) is 0 Å². The number of hydrogen-bond donors (Lipinski definition) is 1. The summed E-state index contributed by atoms with van der Waals surface area (Å²) in [5, 5.41) is 7.76. The molecule has 2 aromatic heterocycles. The molecule has 0 saturated heterocycles. The van der Waals surface area contributed by atoms with Crippen LogP contribution in [-0.2, 0) is 6.42 Å². The van der Waals surface area contributed by atoms with Gasteiger partial charge in [-0.15, -0.1) is 11.3 Å². The number of rotatable bonds is 4. The van der Waals surface area contributed by atoms with Crippen molar-refractivity contribution in [3.63, 3.8) is 0 Å². The number of hydrogen-bond acceptors (Lipinski definition) is 4. The van der Waals surface area contributed by atoms with Gasteiger partial charge in [0, 0.05) is 46.3 Å². The van der Waals surface area contributed by atoms with Gasteiger partial charge in [0.25, 0.3) is 0 Å². The first-order valence-electron chi connectivity index (χ1n) is 6.00. The van der Waals surface area contributed by atoms with Crippen molar-refractivity contribution in [3.8, 4) is 0 Å². The maximum absolute atomic E-state index is 4.40. The molecule has 0 atom stereocenters. The third-order valence-corrected chi connectivity index (χ3v) is 4.34. The molecular formula is C14H12BrN3S. The lowest BCUT2D eigenvalue weighted by atomic mass is 10.2. The summed E-state index contributed by atoms with van der Waals surface area (Å²) in [6.45, 7) is 0.874. The molecule has 0 unspecified atom stereocenters. The van der Waals surface area contributed by atoms with E-state index in [1.807, 2.05) is 36.0 Å². The zero-order valence-electron chi connectivity index (χ0n) is 10.1. The van der Waals surface area contributed by atoms with Crippen molar-refractivity contribution in [2.75, 3.05) is 11.9 Å². The molecule has 1 N–H and O–H groups in total. The third kappa shape index (κ3) is 2.77. The van der Waals surface area contributed by atoms with Gasteiger partial charge in [0.05, 0.1) is 10.5 Å². The van der Waals surface area contributed by atoms with Crippen LogP contribution in [0.25, 0.3) is 10.9 Å². The van der Waals surface area contributed by atoms with Crippen molar-refractivity contribution in [1.29, 1.82) is 0 Å². The maximum atomic E-state index is 4.40. The molecule has 5 heteroatoms. The largest absolute Gasteiger partial charge is 0.384 e. The Balaban J connectivity index is 1.79. The molecule has 0 radical (unpaired) electrons. The highest BCUT2D eigenvalue weighted by Crippen LogP contribution is 2.27. The molecule has 0 saturated carbocycles. The van der Waals surface area contributed by atoms with E-state index < -0.39 is 0 Å². The molecule has 0 spiro atoms. The minimum absolute atomic E-state index is 0.874. The molecule has 3 aromatic rings. The van der Waals surface area contributed by atoms with Crippen molar-refractivity contribution in [3.05, 3.63) is 51.5 Å². The van der Waals surface area contributed by atoms with Crippen molar-refractivity contribution in [2.45, 2.75) is 6.42 Å². The number of fused-ring (bicyclic) bond motifs is 1. The number of halogens is 1. The average molecular weight is 334 g/mol. The Morgan fingerprint density at radius 3 is 2.95 bits per heavy atom. The Kier molecular flexibility index (Phi) is 3.75. The van der Waals surface area contributed by atoms with E-state index in [-0.39, 0.29) is 0 Å². The molecular weight excluding hydrogens is 322 g/mol. The molecule has 19 heavy (non-hydrogen) atoms. The predicted molar refractivity (Wildman–Crippen MR) is 83.8 cm³/mol. The first kappa shape index (κ1) is 12.6. The summed E-state index contributed by atoms with van der Waals surface area (Å²) in [6, 6.07) is 8.13. The molecule has 96 valence electrons. The standard InChI is InChI=1S/C14H12BrN3S/c15-11-3-1-2-10-12(4-6-18-14(10)11)16-7-5-13-17-8-9-19-13/h1-4,6,8-9H,5,7H2,(H,16,18). The van der Waals surface area contributed by atoms with Crippen LogP contribution in [0.5, 0.6) is 0 Å². The van der Waals surface area contributed by atoms with E-state index in [2.05, 4.69) is 37.3 Å². The van der Waals surface area contributed by atoms with Gasteiger partial charge in [0.15, 0.2) is 0 Å². The van der Waals surface area contributed by atoms with E-state index in [0.29, 0.717) is 0 Å². The molecule has 0 bridgehead atoms. The SMILES string of the molecule is Brc1cccc2c(NCCc3nccs3)ccnc12. The zero-order chi connectivity index (χ0) is 13.1. The van der Waals surface area contributed by atoms with Crippen LogP contribution in [-0.4, -0.2) is 16.5 Å². The smallest absolute Gasteiger partial charge is 0.0942 e. The van der Waals surface area contributed by atoms with E-state index >= 15 is 0 Å².